The number of nitrogens with one attached hydrogen (secondary N) is 1. The van der Waals surface area contributed by atoms with E-state index < -0.39 is 24.0 Å². The second-order valence-electron chi connectivity index (χ2n) is 4.66. The molecule has 2 amide bonds. The van der Waals surface area contributed by atoms with Crippen LogP contribution in [0.2, 0.25) is 0 Å². The predicted molar refractivity (Wildman–Crippen MR) is 74.6 cm³/mol. The van der Waals surface area contributed by atoms with Gasteiger partial charge in [-0.15, -0.1) is 5.10 Å². The third-order valence-electron chi connectivity index (χ3n) is 3.08. The van der Waals surface area contributed by atoms with Crippen LogP contribution in [-0.4, -0.2) is 75.4 Å². The Bertz CT molecular complexity index is 588. The standard InChI is InChI=1S/C12H17N5O6/c1-2-23-12(21)13-9-5-16(15-14-9)6-10(18)17-3-4-22-7-8(17)11(19)20/h5,8H,2-4,6-7H2,1H3,(H,13,21)(H,19,20). The van der Waals surface area contributed by atoms with Crippen molar-refractivity contribution in [3.05, 3.63) is 6.20 Å². The summed E-state index contributed by atoms with van der Waals surface area (Å²) in [6.07, 6.45) is 0.676. The molecule has 1 saturated heterocycles. The zero-order valence-electron chi connectivity index (χ0n) is 12.5. The number of nitrogens with zero attached hydrogens (tertiary/aromatic N) is 4. The molecule has 1 atom stereocenters. The molecule has 1 aliphatic rings. The quantitative estimate of drug-likeness (QED) is 0.714. The predicted octanol–water partition coefficient (Wildman–Crippen LogP) is -0.841. The van der Waals surface area contributed by atoms with E-state index in [-0.39, 0.29) is 38.7 Å². The number of carbonyl (C=O) groups excluding carboxylic acids is 2. The van der Waals surface area contributed by atoms with Crippen molar-refractivity contribution in [2.24, 2.45) is 0 Å². The van der Waals surface area contributed by atoms with Gasteiger partial charge in [-0.3, -0.25) is 10.1 Å². The maximum atomic E-state index is 12.2. The fourth-order valence-corrected chi connectivity index (χ4v) is 2.04. The summed E-state index contributed by atoms with van der Waals surface area (Å²) in [5.41, 5.74) is 0. The van der Waals surface area contributed by atoms with Crippen LogP contribution in [0.3, 0.4) is 0 Å². The van der Waals surface area contributed by atoms with Crippen molar-refractivity contribution in [3.63, 3.8) is 0 Å². The molecule has 2 rings (SSSR count). The average molecular weight is 327 g/mol. The van der Waals surface area contributed by atoms with E-state index in [4.69, 9.17) is 14.6 Å². The van der Waals surface area contributed by atoms with Gasteiger partial charge in [0.1, 0.15) is 6.54 Å². The number of hydrogen-bond acceptors (Lipinski definition) is 7. The molecular weight excluding hydrogens is 310 g/mol. The Labute approximate surface area is 131 Å². The van der Waals surface area contributed by atoms with E-state index in [0.29, 0.717) is 0 Å². The van der Waals surface area contributed by atoms with Crippen LogP contribution in [0, 0.1) is 0 Å². The van der Waals surface area contributed by atoms with Crippen LogP contribution in [0.15, 0.2) is 6.20 Å². The summed E-state index contributed by atoms with van der Waals surface area (Å²) in [6, 6.07) is -1.02. The van der Waals surface area contributed by atoms with Gasteiger partial charge < -0.3 is 19.5 Å². The van der Waals surface area contributed by atoms with Crippen LogP contribution < -0.4 is 5.32 Å². The second-order valence-corrected chi connectivity index (χ2v) is 4.66. The first-order chi connectivity index (χ1) is 11.0. The summed E-state index contributed by atoms with van der Waals surface area (Å²) in [4.78, 5) is 35.8. The smallest absolute Gasteiger partial charge is 0.412 e. The average Bonchev–Trinajstić information content (AvgIpc) is 2.94. The van der Waals surface area contributed by atoms with Crippen molar-refractivity contribution in [3.8, 4) is 0 Å². The first kappa shape index (κ1) is 16.7. The minimum atomic E-state index is -1.12. The van der Waals surface area contributed by atoms with Gasteiger partial charge in [0.2, 0.25) is 5.91 Å². The Kier molecular flexibility index (Phi) is 5.46. The summed E-state index contributed by atoms with van der Waals surface area (Å²) in [6.45, 7) is 2.11. The zero-order chi connectivity index (χ0) is 16.8. The minimum absolute atomic E-state index is 0.0475. The summed E-state index contributed by atoms with van der Waals surface area (Å²) in [5.74, 6) is -1.41. The van der Waals surface area contributed by atoms with E-state index in [9.17, 15) is 14.4 Å². The molecule has 1 aromatic heterocycles. The highest BCUT2D eigenvalue weighted by atomic mass is 16.5. The van der Waals surface area contributed by atoms with Gasteiger partial charge in [0.15, 0.2) is 11.9 Å². The third-order valence-corrected chi connectivity index (χ3v) is 3.08. The maximum Gasteiger partial charge on any atom is 0.412 e. The van der Waals surface area contributed by atoms with Crippen LogP contribution in [0.5, 0.6) is 0 Å². The monoisotopic (exact) mass is 327 g/mol. The van der Waals surface area contributed by atoms with Gasteiger partial charge in [-0.2, -0.15) is 0 Å². The number of anilines is 1. The Balaban J connectivity index is 1.96. The van der Waals surface area contributed by atoms with E-state index in [2.05, 4.69) is 15.6 Å². The van der Waals surface area contributed by atoms with Gasteiger partial charge in [0, 0.05) is 6.54 Å². The second kappa shape index (κ2) is 7.54. The van der Waals surface area contributed by atoms with Crippen LogP contribution >= 0.6 is 0 Å². The van der Waals surface area contributed by atoms with E-state index >= 15 is 0 Å². The van der Waals surface area contributed by atoms with Crippen LogP contribution in [0.1, 0.15) is 6.92 Å². The highest BCUT2D eigenvalue weighted by Gasteiger charge is 2.32. The number of amides is 2. The molecule has 0 aromatic carbocycles. The van der Waals surface area contributed by atoms with Crippen molar-refractivity contribution in [1.82, 2.24) is 19.9 Å². The van der Waals surface area contributed by atoms with Crippen molar-refractivity contribution in [2.45, 2.75) is 19.5 Å². The molecule has 1 aromatic rings. The molecule has 0 saturated carbocycles. The lowest BCUT2D eigenvalue weighted by atomic mass is 10.2. The molecule has 0 aliphatic carbocycles. The Morgan fingerprint density at radius 1 is 1.52 bits per heavy atom. The van der Waals surface area contributed by atoms with E-state index in [1.54, 1.807) is 6.92 Å². The van der Waals surface area contributed by atoms with Crippen molar-refractivity contribution in [2.75, 3.05) is 31.7 Å². The normalized spacial score (nSPS) is 17.6. The van der Waals surface area contributed by atoms with E-state index in [1.807, 2.05) is 0 Å². The molecule has 0 bridgehead atoms. The highest BCUT2D eigenvalue weighted by molar-refractivity contribution is 5.84. The lowest BCUT2D eigenvalue weighted by Crippen LogP contribution is -2.53. The molecule has 23 heavy (non-hydrogen) atoms. The number of hydrogen-bond donors (Lipinski definition) is 2. The van der Waals surface area contributed by atoms with Gasteiger partial charge in [-0.25, -0.2) is 14.3 Å². The lowest BCUT2D eigenvalue weighted by Gasteiger charge is -2.32. The van der Waals surface area contributed by atoms with Crippen molar-refractivity contribution >= 4 is 23.8 Å². The molecule has 2 N–H and O–H groups in total. The molecular formula is C12H17N5O6. The summed E-state index contributed by atoms with van der Waals surface area (Å²) < 4.78 is 11.0. The van der Waals surface area contributed by atoms with Gasteiger partial charge in [-0.1, -0.05) is 5.21 Å². The minimum Gasteiger partial charge on any atom is -0.480 e. The fraction of sp³-hybridized carbons (Fsp3) is 0.583. The Morgan fingerprint density at radius 2 is 2.30 bits per heavy atom. The van der Waals surface area contributed by atoms with Crippen molar-refractivity contribution < 1.29 is 29.0 Å². The molecule has 1 fully saturated rings. The lowest BCUT2D eigenvalue weighted by molar-refractivity contribution is -0.158. The summed E-state index contributed by atoms with van der Waals surface area (Å²) >= 11 is 0. The van der Waals surface area contributed by atoms with Gasteiger partial charge in [-0.05, 0) is 6.92 Å². The molecule has 1 aliphatic heterocycles. The number of carboxylic acids is 1. The summed E-state index contributed by atoms with van der Waals surface area (Å²) in [5, 5.41) is 18.8. The molecule has 1 unspecified atom stereocenters. The number of rotatable bonds is 5. The zero-order valence-corrected chi connectivity index (χ0v) is 12.5. The van der Waals surface area contributed by atoms with E-state index in [0.717, 1.165) is 0 Å². The van der Waals surface area contributed by atoms with Crippen LogP contribution in [0.4, 0.5) is 10.6 Å². The number of carbonyl (C=O) groups is 3. The molecule has 0 radical (unpaired) electrons. The first-order valence-electron chi connectivity index (χ1n) is 6.95. The van der Waals surface area contributed by atoms with Gasteiger partial charge in [0.05, 0.1) is 26.0 Å². The van der Waals surface area contributed by atoms with Crippen molar-refractivity contribution in [1.29, 1.82) is 0 Å². The molecule has 0 spiro atoms. The van der Waals surface area contributed by atoms with Crippen LogP contribution in [0.25, 0.3) is 0 Å². The van der Waals surface area contributed by atoms with Crippen LogP contribution in [-0.2, 0) is 25.6 Å². The van der Waals surface area contributed by atoms with Gasteiger partial charge in [0.25, 0.3) is 0 Å². The third kappa shape index (κ3) is 4.39. The molecule has 11 nitrogen and oxygen atoms in total. The van der Waals surface area contributed by atoms with Gasteiger partial charge >= 0.3 is 12.1 Å². The van der Waals surface area contributed by atoms with E-state index in [1.165, 1.54) is 15.8 Å². The first-order valence-corrected chi connectivity index (χ1v) is 6.95. The molecule has 11 heteroatoms. The highest BCUT2D eigenvalue weighted by Crippen LogP contribution is 2.09. The number of carboxylic acid groups (broad SMARTS) is 1. The molecule has 2 heterocycles. The Hall–Kier alpha value is -2.69. The maximum absolute atomic E-state index is 12.2. The number of ether oxygens (including phenoxy) is 2. The molecule has 126 valence electrons. The topological polar surface area (TPSA) is 136 Å². The Morgan fingerprint density at radius 3 is 3.00 bits per heavy atom. The number of aromatic nitrogens is 3. The SMILES string of the molecule is CCOC(=O)Nc1cn(CC(=O)N2CCOCC2C(=O)O)nn1. The number of morpholine rings is 1. The number of aliphatic carboxylic acids is 1. The fourth-order valence-electron chi connectivity index (χ4n) is 2.04. The summed E-state index contributed by atoms with van der Waals surface area (Å²) in [7, 11) is 0. The largest absolute Gasteiger partial charge is 0.480 e.